The van der Waals surface area contributed by atoms with Gasteiger partial charge in [-0.05, 0) is 25.7 Å². The number of hydrogen-bond acceptors (Lipinski definition) is 10. The zero-order valence-electron chi connectivity index (χ0n) is 17.5. The topological polar surface area (TPSA) is 167 Å². The van der Waals surface area contributed by atoms with Crippen molar-refractivity contribution in [3.63, 3.8) is 0 Å². The highest BCUT2D eigenvalue weighted by Crippen LogP contribution is 2.37. The SMILES string of the molecule is CCCSc1nc(NCCCCCCO)c2nnn([C@@H]3C[C@H](C(=O)O)[C@@H](O)[C@H]3O)c2n1. The van der Waals surface area contributed by atoms with E-state index in [-0.39, 0.29) is 13.0 Å². The standard InChI is InChI=1S/C19H30N6O5S/c1-2-9-31-19-21-16(20-7-5-3-4-6-8-26)13-17(22-19)25(24-23-13)12-10-11(18(29)30)14(27)15(12)28/h11-12,14-15,26-28H,2-10H2,1H3,(H,29,30)(H,20,21,22)/t11-,12+,14+,15-/m0/s1. The lowest BCUT2D eigenvalue weighted by Crippen LogP contribution is -2.32. The zero-order valence-corrected chi connectivity index (χ0v) is 18.3. The molecule has 2 heterocycles. The van der Waals surface area contributed by atoms with E-state index in [4.69, 9.17) is 5.11 Å². The van der Waals surface area contributed by atoms with Crippen molar-refractivity contribution >= 4 is 34.7 Å². The highest BCUT2D eigenvalue weighted by Gasteiger charge is 2.47. The van der Waals surface area contributed by atoms with Crippen molar-refractivity contribution in [1.82, 2.24) is 25.0 Å². The van der Waals surface area contributed by atoms with E-state index >= 15 is 0 Å². The van der Waals surface area contributed by atoms with Gasteiger partial charge in [-0.3, -0.25) is 4.79 Å². The van der Waals surface area contributed by atoms with Gasteiger partial charge in [0.25, 0.3) is 0 Å². The number of aliphatic hydroxyl groups is 3. The van der Waals surface area contributed by atoms with E-state index in [0.29, 0.717) is 28.7 Å². The Morgan fingerprint density at radius 3 is 2.65 bits per heavy atom. The van der Waals surface area contributed by atoms with E-state index in [2.05, 4.69) is 32.5 Å². The second kappa shape index (κ2) is 11.0. The number of carboxylic acid groups (broad SMARTS) is 1. The molecule has 5 N–H and O–H groups in total. The number of aliphatic hydroxyl groups excluding tert-OH is 3. The molecule has 0 aromatic carbocycles. The molecular formula is C19H30N6O5S. The Labute approximate surface area is 184 Å². The third kappa shape index (κ3) is 5.43. The molecule has 0 saturated heterocycles. The molecule has 4 atom stereocenters. The first-order chi connectivity index (χ1) is 15.0. The third-order valence-corrected chi connectivity index (χ3v) is 6.45. The Morgan fingerprint density at radius 1 is 1.19 bits per heavy atom. The molecular weight excluding hydrogens is 424 g/mol. The molecule has 0 spiro atoms. The maximum Gasteiger partial charge on any atom is 0.309 e. The summed E-state index contributed by atoms with van der Waals surface area (Å²) >= 11 is 1.50. The summed E-state index contributed by atoms with van der Waals surface area (Å²) in [5.41, 5.74) is 0.843. The smallest absolute Gasteiger partial charge is 0.309 e. The van der Waals surface area contributed by atoms with Crippen LogP contribution in [-0.2, 0) is 4.79 Å². The molecule has 0 amide bonds. The lowest BCUT2D eigenvalue weighted by atomic mass is 10.1. The number of nitrogens with one attached hydrogen (secondary N) is 1. The molecule has 11 nitrogen and oxygen atoms in total. The molecule has 1 saturated carbocycles. The summed E-state index contributed by atoms with van der Waals surface area (Å²) in [5, 5.41) is 50.9. The van der Waals surface area contributed by atoms with Crippen LogP contribution in [0, 0.1) is 5.92 Å². The van der Waals surface area contributed by atoms with Gasteiger partial charge >= 0.3 is 5.97 Å². The van der Waals surface area contributed by atoms with Gasteiger partial charge in [-0.25, -0.2) is 14.6 Å². The normalized spacial score (nSPS) is 23.5. The van der Waals surface area contributed by atoms with Gasteiger partial charge in [0.05, 0.1) is 18.1 Å². The van der Waals surface area contributed by atoms with E-state index in [1.807, 2.05) is 0 Å². The zero-order chi connectivity index (χ0) is 22.4. The molecule has 1 aliphatic carbocycles. The Bertz CT molecular complexity index is 881. The molecule has 0 bridgehead atoms. The minimum Gasteiger partial charge on any atom is -0.481 e. The number of aromatic nitrogens is 5. The Morgan fingerprint density at radius 2 is 1.97 bits per heavy atom. The maximum absolute atomic E-state index is 11.4. The van der Waals surface area contributed by atoms with Crippen LogP contribution in [0.25, 0.3) is 11.2 Å². The number of carboxylic acids is 1. The van der Waals surface area contributed by atoms with Crippen molar-refractivity contribution in [2.75, 3.05) is 24.2 Å². The van der Waals surface area contributed by atoms with Gasteiger partial charge < -0.3 is 25.7 Å². The highest BCUT2D eigenvalue weighted by atomic mass is 32.2. The van der Waals surface area contributed by atoms with Crippen LogP contribution in [0.3, 0.4) is 0 Å². The average molecular weight is 455 g/mol. The average Bonchev–Trinajstić information content (AvgIpc) is 3.30. The largest absolute Gasteiger partial charge is 0.481 e. The van der Waals surface area contributed by atoms with Crippen molar-refractivity contribution in [3.05, 3.63) is 0 Å². The minimum absolute atomic E-state index is 0.0329. The third-order valence-electron chi connectivity index (χ3n) is 5.40. The summed E-state index contributed by atoms with van der Waals surface area (Å²) in [5.74, 6) is -0.860. The van der Waals surface area contributed by atoms with Gasteiger partial charge in [0, 0.05) is 18.9 Å². The van der Waals surface area contributed by atoms with E-state index in [1.165, 1.54) is 16.4 Å². The van der Waals surface area contributed by atoms with Gasteiger partial charge in [-0.2, -0.15) is 0 Å². The number of anilines is 1. The molecule has 0 radical (unpaired) electrons. The van der Waals surface area contributed by atoms with Crippen LogP contribution >= 0.6 is 11.8 Å². The quantitative estimate of drug-likeness (QED) is 0.177. The fraction of sp³-hybridized carbons (Fsp3) is 0.737. The van der Waals surface area contributed by atoms with Crippen molar-refractivity contribution in [3.8, 4) is 0 Å². The predicted octanol–water partition coefficient (Wildman–Crippen LogP) is 1.06. The Kier molecular flexibility index (Phi) is 8.41. The first kappa shape index (κ1) is 23.6. The molecule has 172 valence electrons. The fourth-order valence-corrected chi connectivity index (χ4v) is 4.40. The van der Waals surface area contributed by atoms with Gasteiger partial charge in [-0.15, -0.1) is 5.10 Å². The summed E-state index contributed by atoms with van der Waals surface area (Å²) < 4.78 is 1.41. The predicted molar refractivity (Wildman–Crippen MR) is 115 cm³/mol. The summed E-state index contributed by atoms with van der Waals surface area (Å²) in [7, 11) is 0. The second-order valence-electron chi connectivity index (χ2n) is 7.70. The van der Waals surface area contributed by atoms with Gasteiger partial charge in [0.15, 0.2) is 22.1 Å². The highest BCUT2D eigenvalue weighted by molar-refractivity contribution is 7.99. The number of aliphatic carboxylic acids is 1. The molecule has 2 aromatic heterocycles. The van der Waals surface area contributed by atoms with Crippen molar-refractivity contribution in [2.24, 2.45) is 5.92 Å². The molecule has 12 heteroatoms. The summed E-state index contributed by atoms with van der Waals surface area (Å²) in [4.78, 5) is 20.5. The lowest BCUT2D eigenvalue weighted by Gasteiger charge is -2.16. The maximum atomic E-state index is 11.4. The molecule has 31 heavy (non-hydrogen) atoms. The van der Waals surface area contributed by atoms with Gasteiger partial charge in [0.2, 0.25) is 0 Å². The molecule has 1 fully saturated rings. The van der Waals surface area contributed by atoms with Crippen LogP contribution in [0.1, 0.15) is 51.5 Å². The summed E-state index contributed by atoms with van der Waals surface area (Å²) in [6, 6.07) is -0.744. The van der Waals surface area contributed by atoms with Crippen molar-refractivity contribution in [2.45, 2.75) is 68.9 Å². The van der Waals surface area contributed by atoms with E-state index in [1.54, 1.807) is 0 Å². The van der Waals surface area contributed by atoms with Gasteiger partial charge in [0.1, 0.15) is 6.10 Å². The van der Waals surface area contributed by atoms with Crippen LogP contribution in [0.2, 0.25) is 0 Å². The van der Waals surface area contributed by atoms with Crippen molar-refractivity contribution in [1.29, 1.82) is 0 Å². The number of rotatable bonds is 12. The van der Waals surface area contributed by atoms with Crippen LogP contribution in [0.15, 0.2) is 5.16 Å². The van der Waals surface area contributed by atoms with Crippen LogP contribution in [0.4, 0.5) is 5.82 Å². The molecule has 2 aromatic rings. The number of hydrogen-bond donors (Lipinski definition) is 5. The molecule has 1 aliphatic rings. The number of carbonyl (C=O) groups is 1. The Hall–Kier alpha value is -2.02. The van der Waals surface area contributed by atoms with E-state index < -0.39 is 30.1 Å². The summed E-state index contributed by atoms with van der Waals surface area (Å²) in [6.45, 7) is 2.94. The molecule has 3 rings (SSSR count). The fourth-order valence-electron chi connectivity index (χ4n) is 3.71. The second-order valence-corrected chi connectivity index (χ2v) is 8.77. The Balaban J connectivity index is 1.86. The van der Waals surface area contributed by atoms with E-state index in [0.717, 1.165) is 37.9 Å². The first-order valence-electron chi connectivity index (χ1n) is 10.7. The van der Waals surface area contributed by atoms with Crippen LogP contribution in [0.5, 0.6) is 0 Å². The van der Waals surface area contributed by atoms with Crippen LogP contribution < -0.4 is 5.32 Å². The van der Waals surface area contributed by atoms with E-state index in [9.17, 15) is 20.1 Å². The molecule has 0 unspecified atom stereocenters. The number of nitrogens with zero attached hydrogens (tertiary/aromatic N) is 5. The number of fused-ring (bicyclic) bond motifs is 1. The van der Waals surface area contributed by atoms with Crippen molar-refractivity contribution < 1.29 is 25.2 Å². The summed E-state index contributed by atoms with van der Waals surface area (Å²) in [6.07, 6.45) is 1.95. The first-order valence-corrected chi connectivity index (χ1v) is 11.7. The van der Waals surface area contributed by atoms with Crippen LogP contribution in [-0.4, -0.2) is 82.5 Å². The lowest BCUT2D eigenvalue weighted by molar-refractivity contribution is -0.145. The monoisotopic (exact) mass is 454 g/mol. The number of thioether (sulfide) groups is 1. The number of unbranched alkanes of at least 4 members (excludes halogenated alkanes) is 3. The van der Waals surface area contributed by atoms with Gasteiger partial charge in [-0.1, -0.05) is 36.7 Å². The molecule has 0 aliphatic heterocycles. The minimum atomic E-state index is -1.38.